The minimum Gasteiger partial charge on any atom is -0.477 e. The van der Waals surface area contributed by atoms with Gasteiger partial charge in [0.15, 0.2) is 17.7 Å². The molecule has 0 saturated carbocycles. The van der Waals surface area contributed by atoms with Gasteiger partial charge in [-0.2, -0.15) is 0 Å². The Morgan fingerprint density at radius 3 is 2.57 bits per heavy atom. The van der Waals surface area contributed by atoms with E-state index in [1.54, 1.807) is 12.1 Å². The molecule has 7 heteroatoms. The molecule has 2 rings (SSSR count). The van der Waals surface area contributed by atoms with E-state index in [1.807, 2.05) is 20.8 Å². The zero-order chi connectivity index (χ0) is 17.4. The number of carbonyl (C=O) groups excluding carboxylic acids is 1. The lowest BCUT2D eigenvalue weighted by atomic mass is 10.0. The second-order valence-corrected chi connectivity index (χ2v) is 9.09. The van der Waals surface area contributed by atoms with Gasteiger partial charge in [-0.3, -0.25) is 4.79 Å². The highest BCUT2D eigenvalue weighted by Gasteiger charge is 2.37. The van der Waals surface area contributed by atoms with Gasteiger partial charge in [-0.1, -0.05) is 12.1 Å². The van der Waals surface area contributed by atoms with Gasteiger partial charge < -0.3 is 9.64 Å². The molecule has 1 aliphatic heterocycles. The summed E-state index contributed by atoms with van der Waals surface area (Å²) in [6, 6.07) is 4.59. The highest BCUT2D eigenvalue weighted by Crippen LogP contribution is 2.32. The Kier molecular flexibility index (Phi) is 4.71. The Morgan fingerprint density at radius 1 is 1.39 bits per heavy atom. The van der Waals surface area contributed by atoms with Gasteiger partial charge in [-0.15, -0.1) is 0 Å². The minimum absolute atomic E-state index is 0.0832. The third kappa shape index (κ3) is 4.22. The van der Waals surface area contributed by atoms with Gasteiger partial charge >= 0.3 is 0 Å². The number of halogens is 1. The predicted octanol–water partition coefficient (Wildman–Crippen LogP) is 1.80. The quantitative estimate of drug-likeness (QED) is 0.836. The van der Waals surface area contributed by atoms with E-state index in [-0.39, 0.29) is 30.4 Å². The van der Waals surface area contributed by atoms with Gasteiger partial charge in [0.25, 0.3) is 5.91 Å². The fraction of sp³-hybridized carbons (Fsp3) is 0.562. The number of fused-ring (bicyclic) bond motifs is 1. The lowest BCUT2D eigenvalue weighted by Crippen LogP contribution is -2.52. The molecule has 1 aromatic rings. The van der Waals surface area contributed by atoms with Crippen molar-refractivity contribution < 1.29 is 22.3 Å². The van der Waals surface area contributed by atoms with Crippen LogP contribution in [0.4, 0.5) is 4.39 Å². The van der Waals surface area contributed by atoms with Crippen LogP contribution in [0, 0.1) is 5.82 Å². The van der Waals surface area contributed by atoms with Crippen molar-refractivity contribution in [3.05, 3.63) is 29.6 Å². The number of rotatable bonds is 4. The van der Waals surface area contributed by atoms with Crippen molar-refractivity contribution in [3.8, 4) is 5.75 Å². The fourth-order valence-electron chi connectivity index (χ4n) is 2.57. The van der Waals surface area contributed by atoms with Gasteiger partial charge in [0.2, 0.25) is 0 Å². The van der Waals surface area contributed by atoms with Crippen molar-refractivity contribution in [1.82, 2.24) is 4.90 Å². The maximum Gasteiger partial charge on any atom is 0.264 e. The Morgan fingerprint density at radius 2 is 2.04 bits per heavy atom. The Balaban J connectivity index is 2.18. The minimum atomic E-state index is -3.19. The summed E-state index contributed by atoms with van der Waals surface area (Å²) in [4.78, 5) is 14.3. The average Bonchev–Trinajstić information content (AvgIpc) is 2.81. The van der Waals surface area contributed by atoms with E-state index in [0.717, 1.165) is 6.26 Å². The highest BCUT2D eigenvalue weighted by atomic mass is 32.2. The molecule has 0 N–H and O–H groups in total. The number of hydrogen-bond donors (Lipinski definition) is 0. The molecule has 0 radical (unpaired) electrons. The number of hydrogen-bond acceptors (Lipinski definition) is 4. The largest absolute Gasteiger partial charge is 0.477 e. The molecule has 0 spiro atoms. The molecule has 1 amide bonds. The summed E-state index contributed by atoms with van der Waals surface area (Å²) in [6.45, 7) is 5.57. The lowest BCUT2D eigenvalue weighted by molar-refractivity contribution is -0.142. The van der Waals surface area contributed by atoms with Crippen LogP contribution in [0.2, 0.25) is 0 Å². The van der Waals surface area contributed by atoms with E-state index in [1.165, 1.54) is 11.0 Å². The summed E-state index contributed by atoms with van der Waals surface area (Å²) in [5, 5.41) is 0. The van der Waals surface area contributed by atoms with Crippen molar-refractivity contribution in [2.75, 3.05) is 18.6 Å². The normalized spacial score (nSPS) is 17.5. The molecule has 128 valence electrons. The summed E-state index contributed by atoms with van der Waals surface area (Å²) >= 11 is 0. The van der Waals surface area contributed by atoms with Gasteiger partial charge in [0, 0.05) is 30.3 Å². The zero-order valence-electron chi connectivity index (χ0n) is 13.8. The topological polar surface area (TPSA) is 63.7 Å². The van der Waals surface area contributed by atoms with Crippen molar-refractivity contribution in [2.24, 2.45) is 0 Å². The molecule has 1 aliphatic rings. The third-order valence-corrected chi connectivity index (χ3v) is 4.68. The smallest absolute Gasteiger partial charge is 0.264 e. The molecule has 23 heavy (non-hydrogen) atoms. The van der Waals surface area contributed by atoms with Crippen LogP contribution in [0.15, 0.2) is 18.2 Å². The number of ether oxygens (including phenoxy) is 1. The second-order valence-electron chi connectivity index (χ2n) is 6.83. The van der Waals surface area contributed by atoms with Crippen molar-refractivity contribution in [3.63, 3.8) is 0 Å². The summed E-state index contributed by atoms with van der Waals surface area (Å²) in [7, 11) is -3.19. The van der Waals surface area contributed by atoms with Crippen LogP contribution in [-0.2, 0) is 21.1 Å². The van der Waals surface area contributed by atoms with E-state index in [4.69, 9.17) is 4.74 Å². The summed E-state index contributed by atoms with van der Waals surface area (Å²) in [6.07, 6.45) is 0.605. The van der Waals surface area contributed by atoms with Crippen molar-refractivity contribution in [1.29, 1.82) is 0 Å². The molecule has 0 fully saturated rings. The van der Waals surface area contributed by atoms with Crippen LogP contribution >= 0.6 is 0 Å². The second kappa shape index (κ2) is 6.11. The number of sulfone groups is 1. The van der Waals surface area contributed by atoms with Gasteiger partial charge in [-0.05, 0) is 26.8 Å². The predicted molar refractivity (Wildman–Crippen MR) is 85.7 cm³/mol. The zero-order valence-corrected chi connectivity index (χ0v) is 14.6. The molecule has 5 nitrogen and oxygen atoms in total. The molecule has 0 aliphatic carbocycles. The van der Waals surface area contributed by atoms with E-state index < -0.39 is 27.3 Å². The monoisotopic (exact) mass is 343 g/mol. The summed E-state index contributed by atoms with van der Waals surface area (Å²) < 4.78 is 42.1. The van der Waals surface area contributed by atoms with E-state index in [0.29, 0.717) is 5.56 Å². The first-order chi connectivity index (χ1) is 10.5. The van der Waals surface area contributed by atoms with Crippen LogP contribution in [0.25, 0.3) is 0 Å². The van der Waals surface area contributed by atoms with Crippen LogP contribution in [0.3, 0.4) is 0 Å². The number of nitrogens with zero attached hydrogens (tertiary/aromatic N) is 1. The van der Waals surface area contributed by atoms with Crippen molar-refractivity contribution >= 4 is 15.7 Å². The standard InChI is InChI=1S/C16H22FNO4S/c1-16(2,3)18(8-9-23(4,20)21)15(19)13-10-11-6-5-7-12(17)14(11)22-13/h5-7,13H,8-10H2,1-4H3/t13-/m1/s1. The van der Waals surface area contributed by atoms with Crippen LogP contribution in [0.1, 0.15) is 26.3 Å². The van der Waals surface area contributed by atoms with Crippen LogP contribution in [-0.4, -0.2) is 49.4 Å². The van der Waals surface area contributed by atoms with Gasteiger partial charge in [-0.25, -0.2) is 12.8 Å². The molecule has 0 aromatic heterocycles. The SMILES string of the molecule is CC(C)(C)N(CCS(C)(=O)=O)C(=O)[C@H]1Cc2cccc(F)c2O1. The molecular weight excluding hydrogens is 321 g/mol. The number of para-hydroxylation sites is 1. The third-order valence-electron chi connectivity index (χ3n) is 3.75. The number of benzene rings is 1. The fourth-order valence-corrected chi connectivity index (χ4v) is 3.09. The average molecular weight is 343 g/mol. The van der Waals surface area contributed by atoms with Gasteiger partial charge in [0.05, 0.1) is 5.75 Å². The maximum atomic E-state index is 13.7. The molecular formula is C16H22FNO4S. The Hall–Kier alpha value is -1.63. The highest BCUT2D eigenvalue weighted by molar-refractivity contribution is 7.90. The number of carbonyl (C=O) groups is 1. The van der Waals surface area contributed by atoms with E-state index in [2.05, 4.69) is 0 Å². The Bertz CT molecular complexity index is 709. The Labute approximate surface area is 136 Å². The first kappa shape index (κ1) is 17.7. The lowest BCUT2D eigenvalue weighted by Gasteiger charge is -2.37. The maximum absolute atomic E-state index is 13.7. The van der Waals surface area contributed by atoms with E-state index in [9.17, 15) is 17.6 Å². The van der Waals surface area contributed by atoms with Crippen LogP contribution < -0.4 is 4.74 Å². The molecule has 0 unspecified atom stereocenters. The van der Waals surface area contributed by atoms with Gasteiger partial charge in [0.1, 0.15) is 9.84 Å². The first-order valence-corrected chi connectivity index (χ1v) is 9.48. The van der Waals surface area contributed by atoms with Crippen LogP contribution in [0.5, 0.6) is 5.75 Å². The van der Waals surface area contributed by atoms with E-state index >= 15 is 0 Å². The molecule has 1 aromatic carbocycles. The molecule has 1 atom stereocenters. The molecule has 0 bridgehead atoms. The first-order valence-electron chi connectivity index (χ1n) is 7.42. The van der Waals surface area contributed by atoms with Crippen molar-refractivity contribution in [2.45, 2.75) is 38.8 Å². The molecule has 0 saturated heterocycles. The summed E-state index contributed by atoms with van der Waals surface area (Å²) in [5.74, 6) is -0.819. The summed E-state index contributed by atoms with van der Waals surface area (Å²) in [5.41, 5.74) is 0.0960. The molecule has 1 heterocycles. The number of amides is 1.